The molecule has 0 fully saturated rings. The lowest BCUT2D eigenvalue weighted by Crippen LogP contribution is -2.12. The van der Waals surface area contributed by atoms with Crippen LogP contribution in [0.1, 0.15) is 10.5 Å². The summed E-state index contributed by atoms with van der Waals surface area (Å²) in [6.07, 6.45) is 6.83. The number of fused-ring (bicyclic) bond motifs is 1. The number of carbonyl (C=O) groups is 1. The number of aryl methyl sites for hydroxylation is 1. The summed E-state index contributed by atoms with van der Waals surface area (Å²) in [6, 6.07) is 11.2. The molecule has 0 atom stereocenters. The average molecular weight is 445 g/mol. The third-order valence-corrected chi connectivity index (χ3v) is 5.63. The maximum absolute atomic E-state index is 13.5. The van der Waals surface area contributed by atoms with Gasteiger partial charge >= 0.3 is 0 Å². The van der Waals surface area contributed by atoms with Crippen molar-refractivity contribution in [1.29, 1.82) is 0 Å². The summed E-state index contributed by atoms with van der Waals surface area (Å²) in [6.45, 7) is 0. The van der Waals surface area contributed by atoms with Crippen LogP contribution in [0.15, 0.2) is 72.6 Å². The molecular weight excluding hydrogens is 429 g/mol. The number of thiazole rings is 1. The Morgan fingerprint density at radius 1 is 1.16 bits per heavy atom. The first-order chi connectivity index (χ1) is 15.6. The van der Waals surface area contributed by atoms with Crippen LogP contribution in [-0.4, -0.2) is 25.7 Å². The topological polar surface area (TPSA) is 81.9 Å². The lowest BCUT2D eigenvalue weighted by atomic mass is 10.1. The summed E-state index contributed by atoms with van der Waals surface area (Å²) in [4.78, 5) is 21.4. The second-order valence-corrected chi connectivity index (χ2v) is 7.84. The number of anilines is 1. The van der Waals surface area contributed by atoms with Crippen LogP contribution in [-0.2, 0) is 7.05 Å². The average Bonchev–Trinajstić information content (AvgIpc) is 3.45. The van der Waals surface area contributed by atoms with E-state index in [1.807, 2.05) is 13.2 Å². The van der Waals surface area contributed by atoms with Crippen molar-refractivity contribution in [1.82, 2.24) is 19.7 Å². The minimum atomic E-state index is -0.383. The predicted octanol–water partition coefficient (Wildman–Crippen LogP) is 5.28. The maximum atomic E-state index is 13.5. The molecule has 0 spiro atoms. The first-order valence-electron chi connectivity index (χ1n) is 9.63. The van der Waals surface area contributed by atoms with Gasteiger partial charge in [0.1, 0.15) is 28.0 Å². The van der Waals surface area contributed by atoms with Crippen molar-refractivity contribution in [2.24, 2.45) is 7.05 Å². The minimum Gasteiger partial charge on any atom is -0.457 e. The highest BCUT2D eigenvalue weighted by atomic mass is 32.1. The van der Waals surface area contributed by atoms with Crippen molar-refractivity contribution >= 4 is 33.7 Å². The van der Waals surface area contributed by atoms with E-state index in [0.29, 0.717) is 33.3 Å². The lowest BCUT2D eigenvalue weighted by molar-refractivity contribution is 0.102. The monoisotopic (exact) mass is 445 g/mol. The fraction of sp³-hybridized carbons (Fsp3) is 0.0435. The Morgan fingerprint density at radius 3 is 2.88 bits per heavy atom. The van der Waals surface area contributed by atoms with Crippen LogP contribution in [0.2, 0.25) is 0 Å². The molecule has 0 saturated carbocycles. The summed E-state index contributed by atoms with van der Waals surface area (Å²) >= 11 is 1.38. The van der Waals surface area contributed by atoms with Gasteiger partial charge in [-0.15, -0.1) is 11.3 Å². The molecular formula is C23H16FN5O2S. The number of nitrogens with one attached hydrogen (secondary N) is 1. The maximum Gasteiger partial charge on any atom is 0.275 e. The van der Waals surface area contributed by atoms with Crippen molar-refractivity contribution in [3.63, 3.8) is 0 Å². The van der Waals surface area contributed by atoms with Gasteiger partial charge in [0.2, 0.25) is 0 Å². The molecule has 0 aliphatic carbocycles. The Morgan fingerprint density at radius 2 is 2.06 bits per heavy atom. The van der Waals surface area contributed by atoms with Crippen LogP contribution >= 0.6 is 11.3 Å². The van der Waals surface area contributed by atoms with Gasteiger partial charge in [-0.1, -0.05) is 6.07 Å². The highest BCUT2D eigenvalue weighted by Crippen LogP contribution is 2.34. The van der Waals surface area contributed by atoms with Crippen LogP contribution in [0.3, 0.4) is 0 Å². The molecule has 5 aromatic rings. The molecule has 32 heavy (non-hydrogen) atoms. The lowest BCUT2D eigenvalue weighted by Gasteiger charge is -2.12. The molecule has 5 rings (SSSR count). The third kappa shape index (κ3) is 3.93. The van der Waals surface area contributed by atoms with Crippen molar-refractivity contribution in [2.45, 2.75) is 0 Å². The summed E-state index contributed by atoms with van der Waals surface area (Å²) in [5, 5.41) is 10.9. The Balaban J connectivity index is 1.42. The number of ether oxygens (including phenoxy) is 1. The van der Waals surface area contributed by atoms with Crippen molar-refractivity contribution in [2.75, 3.05) is 5.32 Å². The number of halogens is 1. The summed E-state index contributed by atoms with van der Waals surface area (Å²) in [5.74, 6) is 0.190. The largest absolute Gasteiger partial charge is 0.457 e. The van der Waals surface area contributed by atoms with Gasteiger partial charge < -0.3 is 10.1 Å². The van der Waals surface area contributed by atoms with Gasteiger partial charge in [-0.3, -0.25) is 14.5 Å². The Labute approximate surface area is 186 Å². The normalized spacial score (nSPS) is 10.9. The SMILES string of the molecule is Cn1cc(-c2nc(C(=O)Nc3ccc(Oc4cccc(F)c4)c4ccncc34)cs2)cn1. The minimum absolute atomic E-state index is 0.311. The molecule has 7 nitrogen and oxygen atoms in total. The first-order valence-corrected chi connectivity index (χ1v) is 10.5. The quantitative estimate of drug-likeness (QED) is 0.398. The zero-order valence-corrected chi connectivity index (χ0v) is 17.6. The molecule has 9 heteroatoms. The van der Waals surface area contributed by atoms with E-state index in [2.05, 4.69) is 20.4 Å². The van der Waals surface area contributed by atoms with Gasteiger partial charge in [0.25, 0.3) is 5.91 Å². The number of pyridine rings is 1. The Bertz CT molecular complexity index is 1450. The van der Waals surface area contributed by atoms with Crippen molar-refractivity contribution in [3.05, 3.63) is 84.1 Å². The Kier molecular flexibility index (Phi) is 5.08. The fourth-order valence-corrected chi connectivity index (χ4v) is 4.02. The number of hydrogen-bond donors (Lipinski definition) is 1. The fourth-order valence-electron chi connectivity index (χ4n) is 3.25. The molecule has 0 aliphatic heterocycles. The van der Waals surface area contributed by atoms with E-state index < -0.39 is 0 Å². The number of aromatic nitrogens is 4. The molecule has 3 heterocycles. The zero-order chi connectivity index (χ0) is 22.1. The standard InChI is InChI=1S/C23H16FN5O2S/c1-29-12-14(10-26-29)23-28-20(13-32-23)22(30)27-19-5-6-21(17-7-8-25-11-18(17)19)31-16-4-2-3-15(24)9-16/h2-13H,1H3,(H,27,30). The molecule has 0 aliphatic rings. The number of amides is 1. The van der Waals surface area contributed by atoms with E-state index in [1.54, 1.807) is 59.0 Å². The van der Waals surface area contributed by atoms with E-state index in [0.717, 1.165) is 10.9 Å². The van der Waals surface area contributed by atoms with Crippen molar-refractivity contribution in [3.8, 4) is 22.1 Å². The smallest absolute Gasteiger partial charge is 0.275 e. The van der Waals surface area contributed by atoms with Crippen LogP contribution in [0.5, 0.6) is 11.5 Å². The molecule has 158 valence electrons. The van der Waals surface area contributed by atoms with Crippen LogP contribution in [0.25, 0.3) is 21.3 Å². The van der Waals surface area contributed by atoms with E-state index in [1.165, 1.54) is 23.5 Å². The summed E-state index contributed by atoms with van der Waals surface area (Å²) in [5.41, 5.74) is 1.73. The second kappa shape index (κ2) is 8.20. The van der Waals surface area contributed by atoms with Gasteiger partial charge in [0.15, 0.2) is 0 Å². The molecule has 0 radical (unpaired) electrons. The van der Waals surface area contributed by atoms with E-state index in [9.17, 15) is 9.18 Å². The predicted molar refractivity (Wildman–Crippen MR) is 120 cm³/mol. The zero-order valence-electron chi connectivity index (χ0n) is 16.8. The van der Waals surface area contributed by atoms with Gasteiger partial charge in [-0.05, 0) is 30.3 Å². The van der Waals surface area contributed by atoms with Crippen molar-refractivity contribution < 1.29 is 13.9 Å². The molecule has 0 bridgehead atoms. The molecule has 2 aromatic carbocycles. The number of benzene rings is 2. The van der Waals surface area contributed by atoms with Gasteiger partial charge in [-0.25, -0.2) is 9.37 Å². The van der Waals surface area contributed by atoms with E-state index in [-0.39, 0.29) is 11.7 Å². The number of nitrogens with zero attached hydrogens (tertiary/aromatic N) is 4. The van der Waals surface area contributed by atoms with Crippen LogP contribution in [0.4, 0.5) is 10.1 Å². The number of hydrogen-bond acceptors (Lipinski definition) is 6. The molecule has 1 amide bonds. The van der Waals surface area contributed by atoms with Gasteiger partial charge in [-0.2, -0.15) is 5.10 Å². The van der Waals surface area contributed by atoms with Crippen LogP contribution < -0.4 is 10.1 Å². The van der Waals surface area contributed by atoms with E-state index >= 15 is 0 Å². The third-order valence-electron chi connectivity index (χ3n) is 4.74. The van der Waals surface area contributed by atoms with Gasteiger partial charge in [0.05, 0.1) is 11.9 Å². The molecule has 3 aromatic heterocycles. The van der Waals surface area contributed by atoms with Crippen LogP contribution in [0, 0.1) is 5.82 Å². The summed E-state index contributed by atoms with van der Waals surface area (Å²) < 4.78 is 21.1. The Hall–Kier alpha value is -4.11. The van der Waals surface area contributed by atoms with E-state index in [4.69, 9.17) is 4.74 Å². The molecule has 0 saturated heterocycles. The molecule has 1 N–H and O–H groups in total. The number of rotatable bonds is 5. The second-order valence-electron chi connectivity index (χ2n) is 6.99. The van der Waals surface area contributed by atoms with Gasteiger partial charge in [0, 0.05) is 53.4 Å². The highest BCUT2D eigenvalue weighted by molar-refractivity contribution is 7.13. The first kappa shape index (κ1) is 19.8. The summed E-state index contributed by atoms with van der Waals surface area (Å²) in [7, 11) is 1.82. The highest BCUT2D eigenvalue weighted by Gasteiger charge is 2.16. The molecule has 0 unspecified atom stereocenters. The number of carbonyl (C=O) groups excluding carboxylic acids is 1.